The number of carbonyl (C=O) groups excluding carboxylic acids is 1. The van der Waals surface area contributed by atoms with Crippen LogP contribution in [0.25, 0.3) is 22.2 Å². The number of nitrogens with two attached hydrogens (primary N) is 1. The van der Waals surface area contributed by atoms with Gasteiger partial charge >= 0.3 is 0 Å². The summed E-state index contributed by atoms with van der Waals surface area (Å²) in [6, 6.07) is 13.6. The van der Waals surface area contributed by atoms with Crippen molar-refractivity contribution in [3.63, 3.8) is 0 Å². The predicted molar refractivity (Wildman–Crippen MR) is 116 cm³/mol. The molecule has 4 N–H and O–H groups in total. The zero-order valence-corrected chi connectivity index (χ0v) is 17.2. The van der Waals surface area contributed by atoms with E-state index in [0.29, 0.717) is 33.3 Å². The summed E-state index contributed by atoms with van der Waals surface area (Å²) >= 11 is 6.26. The maximum Gasteiger partial charge on any atom is 0.267 e. The van der Waals surface area contributed by atoms with E-state index in [-0.39, 0.29) is 5.69 Å². The van der Waals surface area contributed by atoms with E-state index in [4.69, 9.17) is 22.1 Å². The number of pyridine rings is 1. The minimum Gasteiger partial charge on any atom is -0.457 e. The van der Waals surface area contributed by atoms with E-state index in [9.17, 15) is 15.0 Å². The van der Waals surface area contributed by atoms with Gasteiger partial charge in [0.15, 0.2) is 0 Å². The predicted octanol–water partition coefficient (Wildman–Crippen LogP) is 3.21. The van der Waals surface area contributed by atoms with Gasteiger partial charge in [-0.25, -0.2) is 4.98 Å². The molecule has 0 saturated heterocycles. The van der Waals surface area contributed by atoms with E-state index >= 15 is 0 Å². The number of ether oxygens (including phenoxy) is 1. The molecule has 0 aliphatic carbocycles. The highest BCUT2D eigenvalue weighted by molar-refractivity contribution is 6.35. The summed E-state index contributed by atoms with van der Waals surface area (Å²) in [5.74, 6) is 0.469. The molecule has 9 heteroatoms. The summed E-state index contributed by atoms with van der Waals surface area (Å²) in [4.78, 5) is 15.9. The van der Waals surface area contributed by atoms with Crippen LogP contribution in [0.5, 0.6) is 11.5 Å². The van der Waals surface area contributed by atoms with E-state index in [1.807, 2.05) is 7.05 Å². The molecule has 0 aliphatic heterocycles. The fourth-order valence-corrected chi connectivity index (χ4v) is 3.54. The van der Waals surface area contributed by atoms with Crippen LogP contribution in [0.2, 0.25) is 5.02 Å². The van der Waals surface area contributed by atoms with Gasteiger partial charge in [0.1, 0.15) is 23.3 Å². The first-order valence-corrected chi connectivity index (χ1v) is 9.74. The van der Waals surface area contributed by atoms with Gasteiger partial charge in [0, 0.05) is 12.6 Å². The van der Waals surface area contributed by atoms with Crippen molar-refractivity contribution < 1.29 is 19.7 Å². The van der Waals surface area contributed by atoms with Crippen LogP contribution in [0.15, 0.2) is 54.7 Å². The molecular formula is C22H19ClN4O4. The molecule has 0 saturated carbocycles. The summed E-state index contributed by atoms with van der Waals surface area (Å²) < 4.78 is 7.70. The van der Waals surface area contributed by atoms with Crippen LogP contribution in [0, 0.1) is 0 Å². The Hall–Kier alpha value is -3.46. The number of carbonyl (C=O) groups is 1. The number of hydrogen-bond donors (Lipinski definition) is 3. The van der Waals surface area contributed by atoms with Gasteiger partial charge in [-0.1, -0.05) is 11.6 Å². The zero-order valence-electron chi connectivity index (χ0n) is 16.5. The molecule has 0 fully saturated rings. The van der Waals surface area contributed by atoms with Crippen molar-refractivity contribution in [2.45, 2.75) is 6.10 Å². The first-order valence-electron chi connectivity index (χ1n) is 9.36. The molecule has 8 nitrogen and oxygen atoms in total. The maximum atomic E-state index is 11.6. The van der Waals surface area contributed by atoms with Gasteiger partial charge in [0.2, 0.25) is 0 Å². The second-order valence-electron chi connectivity index (χ2n) is 6.94. The number of amides is 1. The number of primary amides is 1. The van der Waals surface area contributed by atoms with Gasteiger partial charge in [-0.15, -0.1) is 0 Å². The molecule has 4 aromatic rings. The van der Waals surface area contributed by atoms with Crippen molar-refractivity contribution in [3.05, 3.63) is 71.0 Å². The lowest BCUT2D eigenvalue weighted by molar-refractivity contribution is 0.0948. The van der Waals surface area contributed by atoms with Crippen LogP contribution >= 0.6 is 11.6 Å². The number of aromatic nitrogens is 3. The third kappa shape index (κ3) is 4.09. The summed E-state index contributed by atoms with van der Waals surface area (Å²) in [6.45, 7) is -0.488. The van der Waals surface area contributed by atoms with E-state index < -0.39 is 18.6 Å². The van der Waals surface area contributed by atoms with Gasteiger partial charge in [-0.3, -0.25) is 9.48 Å². The fraction of sp³-hybridized carbons (Fsp3) is 0.136. The van der Waals surface area contributed by atoms with Crippen molar-refractivity contribution in [3.8, 4) is 22.8 Å². The van der Waals surface area contributed by atoms with Gasteiger partial charge in [-0.05, 0) is 54.1 Å². The fourth-order valence-electron chi connectivity index (χ4n) is 3.25. The van der Waals surface area contributed by atoms with E-state index in [1.165, 1.54) is 6.07 Å². The molecular weight excluding hydrogens is 420 g/mol. The quantitative estimate of drug-likeness (QED) is 0.424. The highest BCUT2D eigenvalue weighted by Gasteiger charge is 2.15. The Morgan fingerprint density at radius 2 is 1.97 bits per heavy atom. The number of rotatable bonds is 6. The molecule has 2 heterocycles. The number of aliphatic hydroxyl groups excluding tert-OH is 2. The molecule has 1 unspecified atom stereocenters. The van der Waals surface area contributed by atoms with Gasteiger partial charge in [-0.2, -0.15) is 5.10 Å². The number of aryl methyl sites for hydroxylation is 1. The van der Waals surface area contributed by atoms with Crippen LogP contribution in [0.4, 0.5) is 0 Å². The number of aliphatic hydroxyl groups is 2. The largest absolute Gasteiger partial charge is 0.457 e. The summed E-state index contributed by atoms with van der Waals surface area (Å²) in [7, 11) is 1.81. The topological polar surface area (TPSA) is 123 Å². The number of nitrogens with zero attached hydrogens (tertiary/aromatic N) is 3. The van der Waals surface area contributed by atoms with Crippen LogP contribution in [-0.4, -0.2) is 37.5 Å². The SMILES string of the molecule is Cn1ncc2c(Oc3ccc(-c4cc(C(O)CO)cc(C(N)=O)n4)cc3)ccc(Cl)c21. The minimum atomic E-state index is -1.14. The standard InChI is InChI=1S/C22H19ClN4O4/c1-27-21-15(10-25-27)20(7-6-16(21)23)31-14-4-2-12(3-5-14)17-8-13(19(29)11-28)9-18(26-17)22(24)30/h2-10,19,28-29H,11H2,1H3,(H2,24,30). The highest BCUT2D eigenvalue weighted by atomic mass is 35.5. The van der Waals surface area contributed by atoms with Crippen LogP contribution in [0.1, 0.15) is 22.2 Å². The third-order valence-corrected chi connectivity index (χ3v) is 5.15. The number of halogens is 1. The lowest BCUT2D eigenvalue weighted by atomic mass is 10.0. The van der Waals surface area contributed by atoms with Crippen molar-refractivity contribution in [1.82, 2.24) is 14.8 Å². The Bertz CT molecular complexity index is 1270. The highest BCUT2D eigenvalue weighted by Crippen LogP contribution is 2.34. The molecule has 1 atom stereocenters. The Morgan fingerprint density at radius 1 is 1.23 bits per heavy atom. The first-order chi connectivity index (χ1) is 14.9. The molecule has 158 valence electrons. The van der Waals surface area contributed by atoms with Crippen LogP contribution in [-0.2, 0) is 7.05 Å². The molecule has 0 aliphatic rings. The Kier molecular flexibility index (Phi) is 5.60. The molecule has 31 heavy (non-hydrogen) atoms. The number of fused-ring (bicyclic) bond motifs is 1. The zero-order chi connectivity index (χ0) is 22.1. The molecule has 4 rings (SSSR count). The number of benzene rings is 2. The van der Waals surface area contributed by atoms with Crippen molar-refractivity contribution in [2.75, 3.05) is 6.61 Å². The first kappa shape index (κ1) is 20.8. The van der Waals surface area contributed by atoms with Gasteiger partial charge in [0.25, 0.3) is 5.91 Å². The monoisotopic (exact) mass is 438 g/mol. The minimum absolute atomic E-state index is 0.000426. The molecule has 0 radical (unpaired) electrons. The molecule has 2 aromatic carbocycles. The van der Waals surface area contributed by atoms with Gasteiger partial charge < -0.3 is 20.7 Å². The van der Waals surface area contributed by atoms with Crippen molar-refractivity contribution >= 4 is 28.4 Å². The Labute approximate surface area is 182 Å². The summed E-state index contributed by atoms with van der Waals surface area (Å²) in [6.07, 6.45) is 0.548. The Morgan fingerprint density at radius 3 is 2.65 bits per heavy atom. The summed E-state index contributed by atoms with van der Waals surface area (Å²) in [5.41, 5.74) is 7.60. The maximum absolute atomic E-state index is 11.6. The molecule has 2 aromatic heterocycles. The Balaban J connectivity index is 1.66. The van der Waals surface area contributed by atoms with E-state index in [1.54, 1.807) is 53.3 Å². The lowest BCUT2D eigenvalue weighted by Crippen LogP contribution is -2.15. The number of hydrogen-bond acceptors (Lipinski definition) is 6. The normalized spacial score (nSPS) is 12.1. The van der Waals surface area contributed by atoms with E-state index in [2.05, 4.69) is 10.1 Å². The summed E-state index contributed by atoms with van der Waals surface area (Å²) in [5, 5.41) is 24.8. The average Bonchev–Trinajstić information content (AvgIpc) is 3.18. The molecule has 0 bridgehead atoms. The average molecular weight is 439 g/mol. The second-order valence-corrected chi connectivity index (χ2v) is 7.34. The van der Waals surface area contributed by atoms with Gasteiger partial charge in [0.05, 0.1) is 34.4 Å². The van der Waals surface area contributed by atoms with Crippen molar-refractivity contribution in [2.24, 2.45) is 12.8 Å². The van der Waals surface area contributed by atoms with Crippen molar-refractivity contribution in [1.29, 1.82) is 0 Å². The lowest BCUT2D eigenvalue weighted by Gasteiger charge is -2.12. The van der Waals surface area contributed by atoms with Crippen LogP contribution in [0.3, 0.4) is 0 Å². The van der Waals surface area contributed by atoms with E-state index in [0.717, 1.165) is 10.9 Å². The molecule has 1 amide bonds. The smallest absolute Gasteiger partial charge is 0.267 e. The van der Waals surface area contributed by atoms with Crippen LogP contribution < -0.4 is 10.5 Å². The molecule has 0 spiro atoms. The second kappa shape index (κ2) is 8.35. The third-order valence-electron chi connectivity index (χ3n) is 4.85.